The van der Waals surface area contributed by atoms with Crippen LogP contribution in [0.15, 0.2) is 60.9 Å². The van der Waals surface area contributed by atoms with E-state index in [9.17, 15) is 9.90 Å². The van der Waals surface area contributed by atoms with Crippen LogP contribution in [0.1, 0.15) is 43.1 Å². The second-order valence-electron chi connectivity index (χ2n) is 10.0. The van der Waals surface area contributed by atoms with Gasteiger partial charge >= 0.3 is 0 Å². The van der Waals surface area contributed by atoms with E-state index in [1.54, 1.807) is 0 Å². The van der Waals surface area contributed by atoms with E-state index < -0.39 is 5.54 Å². The second kappa shape index (κ2) is 9.64. The number of carbonyl (C=O) groups excluding carboxylic acids is 1. The summed E-state index contributed by atoms with van der Waals surface area (Å²) in [6.07, 6.45) is 1.41. The smallest absolute Gasteiger partial charge is 0.254 e. The van der Waals surface area contributed by atoms with Gasteiger partial charge in [0.1, 0.15) is 17.1 Å². The predicted octanol–water partition coefficient (Wildman–Crippen LogP) is 3.90. The van der Waals surface area contributed by atoms with Gasteiger partial charge < -0.3 is 24.6 Å². The van der Waals surface area contributed by atoms with Gasteiger partial charge in [0.15, 0.2) is 0 Å². The number of hydrogen-bond acceptors (Lipinski definition) is 5. The van der Waals surface area contributed by atoms with E-state index >= 15 is 0 Å². The highest BCUT2D eigenvalue weighted by Crippen LogP contribution is 2.51. The van der Waals surface area contributed by atoms with Crippen molar-refractivity contribution in [3.63, 3.8) is 0 Å². The second-order valence-corrected chi connectivity index (χ2v) is 10.0. The lowest BCUT2D eigenvalue weighted by Crippen LogP contribution is -2.52. The fraction of sp³-hybridized carbons (Fsp3) is 0.414. The molecule has 0 spiro atoms. The van der Waals surface area contributed by atoms with Crippen molar-refractivity contribution in [2.24, 2.45) is 0 Å². The predicted molar refractivity (Wildman–Crippen MR) is 142 cm³/mol. The first-order valence-corrected chi connectivity index (χ1v) is 12.8. The highest BCUT2D eigenvalue weighted by Gasteiger charge is 2.57. The number of ether oxygens (including phenoxy) is 1. The first-order valence-electron chi connectivity index (χ1n) is 12.8. The number of nitrogens with one attached hydrogen (secondary N) is 1. The summed E-state index contributed by atoms with van der Waals surface area (Å²) in [6, 6.07) is 16.4. The van der Waals surface area contributed by atoms with Crippen LogP contribution in [0.5, 0.6) is 5.75 Å². The van der Waals surface area contributed by atoms with Gasteiger partial charge in [-0.2, -0.15) is 0 Å². The minimum absolute atomic E-state index is 0.0965. The van der Waals surface area contributed by atoms with Gasteiger partial charge in [-0.1, -0.05) is 36.9 Å². The fourth-order valence-electron chi connectivity index (χ4n) is 5.88. The Bertz CT molecular complexity index is 1270. The SMILES string of the molecule is C=C1N(CCCN(C)CCO)C(=O)[C@]2(C)Cc3c([nH]c4ccc(OCC)cc34)[C@@H](c3ccccc3)N12. The Kier molecular flexibility index (Phi) is 6.53. The van der Waals surface area contributed by atoms with Gasteiger partial charge in [0.25, 0.3) is 5.91 Å². The van der Waals surface area contributed by atoms with Crippen LogP contribution in [0, 0.1) is 0 Å². The van der Waals surface area contributed by atoms with Gasteiger partial charge in [-0.25, -0.2) is 0 Å². The molecule has 190 valence electrons. The zero-order chi connectivity index (χ0) is 25.4. The molecular formula is C29H36N4O3. The van der Waals surface area contributed by atoms with E-state index in [1.165, 1.54) is 5.56 Å². The van der Waals surface area contributed by atoms with Gasteiger partial charge in [0.2, 0.25) is 0 Å². The van der Waals surface area contributed by atoms with Crippen LogP contribution in [-0.2, 0) is 11.2 Å². The standard InChI is InChI=1S/C29H36N4O3/c1-5-36-22-12-13-25-23(18-22)24-19-29(3)28(35)32(15-9-14-31(4)16-17-34)20(2)33(29)27(26(24)30-25)21-10-7-6-8-11-21/h6-8,10-13,18,27,30,34H,2,5,9,14-17,19H2,1,3-4H3/t27-,29+/m1/s1. The van der Waals surface area contributed by atoms with Gasteiger partial charge in [-0.3, -0.25) is 9.69 Å². The van der Waals surface area contributed by atoms with Crippen molar-refractivity contribution in [2.75, 3.05) is 39.9 Å². The summed E-state index contributed by atoms with van der Waals surface area (Å²) in [6.45, 7) is 11.3. The maximum atomic E-state index is 14.0. The van der Waals surface area contributed by atoms with Crippen LogP contribution in [0.2, 0.25) is 0 Å². The van der Waals surface area contributed by atoms with Gasteiger partial charge in [-0.15, -0.1) is 0 Å². The molecule has 7 heteroatoms. The van der Waals surface area contributed by atoms with E-state index in [-0.39, 0.29) is 18.6 Å². The summed E-state index contributed by atoms with van der Waals surface area (Å²) >= 11 is 0. The number of fused-ring (bicyclic) bond motifs is 4. The highest BCUT2D eigenvalue weighted by molar-refractivity contribution is 5.94. The molecule has 2 aromatic carbocycles. The molecule has 3 heterocycles. The molecule has 0 saturated carbocycles. The summed E-state index contributed by atoms with van der Waals surface area (Å²) in [5.41, 5.74) is 3.72. The maximum absolute atomic E-state index is 14.0. The first kappa shape index (κ1) is 24.4. The normalized spacial score (nSPS) is 21.4. The van der Waals surface area contributed by atoms with Crippen LogP contribution >= 0.6 is 0 Å². The Hall–Kier alpha value is -3.29. The van der Waals surface area contributed by atoms with Crippen molar-refractivity contribution in [1.29, 1.82) is 0 Å². The van der Waals surface area contributed by atoms with Gasteiger partial charge in [0, 0.05) is 36.1 Å². The van der Waals surface area contributed by atoms with Crippen LogP contribution in [0.4, 0.5) is 0 Å². The molecule has 5 rings (SSSR count). The average Bonchev–Trinajstić information content (AvgIpc) is 3.31. The lowest BCUT2D eigenvalue weighted by molar-refractivity contribution is -0.133. The van der Waals surface area contributed by atoms with E-state index in [2.05, 4.69) is 52.6 Å². The Morgan fingerprint density at radius 1 is 1.22 bits per heavy atom. The number of amides is 1. The molecule has 2 N–H and O–H groups in total. The Labute approximate surface area is 213 Å². The fourth-order valence-corrected chi connectivity index (χ4v) is 5.88. The molecule has 0 radical (unpaired) electrons. The molecule has 2 aliphatic heterocycles. The zero-order valence-corrected chi connectivity index (χ0v) is 21.5. The lowest BCUT2D eigenvalue weighted by atomic mass is 9.81. The minimum Gasteiger partial charge on any atom is -0.494 e. The van der Waals surface area contributed by atoms with Crippen LogP contribution in [0.25, 0.3) is 10.9 Å². The Morgan fingerprint density at radius 3 is 2.72 bits per heavy atom. The zero-order valence-electron chi connectivity index (χ0n) is 21.5. The monoisotopic (exact) mass is 488 g/mol. The largest absolute Gasteiger partial charge is 0.494 e. The number of benzene rings is 2. The highest BCUT2D eigenvalue weighted by atomic mass is 16.5. The van der Waals surface area contributed by atoms with E-state index in [0.29, 0.717) is 26.1 Å². The third kappa shape index (κ3) is 3.96. The van der Waals surface area contributed by atoms with E-state index in [1.807, 2.05) is 43.1 Å². The molecule has 0 aliphatic carbocycles. The molecule has 36 heavy (non-hydrogen) atoms. The number of carbonyl (C=O) groups is 1. The number of nitrogens with zero attached hydrogens (tertiary/aromatic N) is 3. The third-order valence-electron chi connectivity index (χ3n) is 7.62. The molecule has 1 fully saturated rings. The number of aromatic nitrogens is 1. The van der Waals surface area contributed by atoms with E-state index in [4.69, 9.17) is 4.74 Å². The molecular weight excluding hydrogens is 452 g/mol. The van der Waals surface area contributed by atoms with Crippen molar-refractivity contribution in [2.45, 2.75) is 38.3 Å². The number of likely N-dealkylation sites (N-methyl/N-ethyl adjacent to an activating group) is 1. The van der Waals surface area contributed by atoms with Crippen molar-refractivity contribution in [3.05, 3.63) is 77.8 Å². The number of hydrogen-bond donors (Lipinski definition) is 2. The van der Waals surface area contributed by atoms with Crippen molar-refractivity contribution in [1.82, 2.24) is 19.7 Å². The molecule has 1 amide bonds. The summed E-state index contributed by atoms with van der Waals surface area (Å²) in [5, 5.41) is 10.3. The summed E-state index contributed by atoms with van der Waals surface area (Å²) in [4.78, 5) is 23.9. The molecule has 2 atom stereocenters. The first-order chi connectivity index (χ1) is 17.4. The Morgan fingerprint density at radius 2 is 2.00 bits per heavy atom. The molecule has 0 unspecified atom stereocenters. The summed E-state index contributed by atoms with van der Waals surface area (Å²) in [7, 11) is 1.99. The topological polar surface area (TPSA) is 72.0 Å². The molecule has 2 aliphatic rings. The van der Waals surface area contributed by atoms with Crippen LogP contribution in [-0.4, -0.2) is 76.1 Å². The van der Waals surface area contributed by atoms with Crippen molar-refractivity contribution >= 4 is 16.8 Å². The third-order valence-corrected chi connectivity index (χ3v) is 7.62. The van der Waals surface area contributed by atoms with Crippen LogP contribution < -0.4 is 4.74 Å². The van der Waals surface area contributed by atoms with Crippen LogP contribution in [0.3, 0.4) is 0 Å². The summed E-state index contributed by atoms with van der Waals surface area (Å²) in [5.74, 6) is 1.69. The molecule has 1 aromatic heterocycles. The lowest BCUT2D eigenvalue weighted by Gasteiger charge is -2.44. The van der Waals surface area contributed by atoms with Gasteiger partial charge in [-0.05, 0) is 63.2 Å². The average molecular weight is 489 g/mol. The van der Waals surface area contributed by atoms with Gasteiger partial charge in [0.05, 0.1) is 19.3 Å². The number of rotatable bonds is 9. The molecule has 0 bridgehead atoms. The Balaban J connectivity index is 1.56. The quantitative estimate of drug-likeness (QED) is 0.478. The van der Waals surface area contributed by atoms with Crippen molar-refractivity contribution < 1.29 is 14.6 Å². The number of aliphatic hydroxyl groups excluding tert-OH is 1. The van der Waals surface area contributed by atoms with Crippen molar-refractivity contribution in [3.8, 4) is 5.75 Å². The number of H-pyrrole nitrogens is 1. The summed E-state index contributed by atoms with van der Waals surface area (Å²) < 4.78 is 5.80. The molecule has 3 aromatic rings. The number of aromatic amines is 1. The minimum atomic E-state index is -0.738. The van der Waals surface area contributed by atoms with E-state index in [0.717, 1.165) is 46.7 Å². The molecule has 1 saturated heterocycles. The number of aliphatic hydroxyl groups is 1. The maximum Gasteiger partial charge on any atom is 0.254 e. The molecule has 7 nitrogen and oxygen atoms in total.